The molecule has 1 saturated heterocycles. The quantitative estimate of drug-likeness (QED) is 0.699. The Bertz CT molecular complexity index is 248. The molecule has 104 valence electrons. The van der Waals surface area contributed by atoms with Crippen LogP contribution in [0.25, 0.3) is 0 Å². The van der Waals surface area contributed by atoms with Crippen molar-refractivity contribution < 1.29 is 0 Å². The molecule has 0 aromatic rings. The highest BCUT2D eigenvalue weighted by molar-refractivity contribution is 4.91. The third kappa shape index (κ3) is 5.00. The minimum atomic E-state index is 0.499. The van der Waals surface area contributed by atoms with E-state index < -0.39 is 0 Å². The van der Waals surface area contributed by atoms with Gasteiger partial charge in [0.2, 0.25) is 0 Å². The molecular weight excluding hydrogens is 220 g/mol. The van der Waals surface area contributed by atoms with Crippen LogP contribution < -0.4 is 5.32 Å². The van der Waals surface area contributed by atoms with Crippen LogP contribution in [-0.4, -0.2) is 36.6 Å². The molecule has 0 aliphatic carbocycles. The molecule has 18 heavy (non-hydrogen) atoms. The summed E-state index contributed by atoms with van der Waals surface area (Å²) in [6, 6.07) is 1.10. The van der Waals surface area contributed by atoms with Gasteiger partial charge in [-0.2, -0.15) is 0 Å². The number of likely N-dealkylation sites (tertiary alicyclic amines) is 1. The lowest BCUT2D eigenvalue weighted by Crippen LogP contribution is -2.45. The maximum atomic E-state index is 5.41. The van der Waals surface area contributed by atoms with Crippen LogP contribution in [0.3, 0.4) is 0 Å². The third-order valence-corrected chi connectivity index (χ3v) is 4.23. The standard InChI is InChI=1S/C16H30N2/c1-5-8-16(7-3)17-14(4)15-9-12-18(11-6-2)13-10-15/h1,14-17H,6-13H2,2-4H3. The fraction of sp³-hybridized carbons (Fsp3) is 0.875. The predicted octanol–water partition coefficient (Wildman–Crippen LogP) is 2.89. The van der Waals surface area contributed by atoms with E-state index in [0.29, 0.717) is 12.1 Å². The zero-order valence-electron chi connectivity index (χ0n) is 12.4. The van der Waals surface area contributed by atoms with Gasteiger partial charge < -0.3 is 10.2 Å². The molecule has 1 N–H and O–H groups in total. The number of hydrogen-bond donors (Lipinski definition) is 1. The maximum Gasteiger partial charge on any atom is 0.0240 e. The van der Waals surface area contributed by atoms with E-state index >= 15 is 0 Å². The molecule has 1 aliphatic rings. The second-order valence-electron chi connectivity index (χ2n) is 5.65. The molecule has 0 saturated carbocycles. The van der Waals surface area contributed by atoms with Crippen LogP contribution in [0.4, 0.5) is 0 Å². The van der Waals surface area contributed by atoms with Gasteiger partial charge in [0.05, 0.1) is 0 Å². The summed E-state index contributed by atoms with van der Waals surface area (Å²) in [5, 5.41) is 3.72. The summed E-state index contributed by atoms with van der Waals surface area (Å²) in [6.45, 7) is 10.6. The van der Waals surface area contributed by atoms with Gasteiger partial charge in [-0.05, 0) is 58.2 Å². The Balaban J connectivity index is 2.31. The fourth-order valence-corrected chi connectivity index (χ4v) is 2.96. The summed E-state index contributed by atoms with van der Waals surface area (Å²) in [5.74, 6) is 3.60. The van der Waals surface area contributed by atoms with E-state index in [4.69, 9.17) is 6.42 Å². The molecule has 1 fully saturated rings. The highest BCUT2D eigenvalue weighted by Gasteiger charge is 2.24. The molecule has 2 atom stereocenters. The molecule has 0 aromatic heterocycles. The van der Waals surface area contributed by atoms with Crippen LogP contribution in [0.15, 0.2) is 0 Å². The monoisotopic (exact) mass is 250 g/mol. The summed E-state index contributed by atoms with van der Waals surface area (Å²) < 4.78 is 0. The molecule has 0 bridgehead atoms. The minimum Gasteiger partial charge on any atom is -0.310 e. The van der Waals surface area contributed by atoms with Gasteiger partial charge in [0.1, 0.15) is 0 Å². The molecule has 1 aliphatic heterocycles. The number of nitrogens with zero attached hydrogens (tertiary/aromatic N) is 1. The first-order valence-electron chi connectivity index (χ1n) is 7.63. The Labute approximate surface area is 114 Å². The Morgan fingerprint density at radius 3 is 2.50 bits per heavy atom. The summed E-state index contributed by atoms with van der Waals surface area (Å²) in [6.07, 6.45) is 11.3. The van der Waals surface area contributed by atoms with E-state index in [-0.39, 0.29) is 0 Å². The van der Waals surface area contributed by atoms with Crippen molar-refractivity contribution in [2.75, 3.05) is 19.6 Å². The molecular formula is C16H30N2. The van der Waals surface area contributed by atoms with E-state index in [1.54, 1.807) is 0 Å². The molecule has 1 heterocycles. The average molecular weight is 250 g/mol. The number of hydrogen-bond acceptors (Lipinski definition) is 2. The summed E-state index contributed by atoms with van der Waals surface area (Å²) in [4.78, 5) is 2.60. The number of rotatable bonds is 7. The molecule has 2 heteroatoms. The second kappa shape index (κ2) is 8.56. The lowest BCUT2D eigenvalue weighted by atomic mass is 9.89. The lowest BCUT2D eigenvalue weighted by Gasteiger charge is -2.36. The normalized spacial score (nSPS) is 21.4. The van der Waals surface area contributed by atoms with Crippen LogP contribution in [-0.2, 0) is 0 Å². The van der Waals surface area contributed by atoms with Crippen molar-refractivity contribution in [1.82, 2.24) is 10.2 Å². The van der Waals surface area contributed by atoms with Crippen LogP contribution in [0.2, 0.25) is 0 Å². The fourth-order valence-electron chi connectivity index (χ4n) is 2.96. The SMILES string of the molecule is C#CCC(CC)NC(C)C1CCN(CCC)CC1. The van der Waals surface area contributed by atoms with Crippen molar-refractivity contribution in [3.8, 4) is 12.3 Å². The first kappa shape index (κ1) is 15.5. The highest BCUT2D eigenvalue weighted by Crippen LogP contribution is 2.21. The smallest absolute Gasteiger partial charge is 0.0240 e. The van der Waals surface area contributed by atoms with Crippen LogP contribution in [0.5, 0.6) is 0 Å². The highest BCUT2D eigenvalue weighted by atomic mass is 15.1. The minimum absolute atomic E-state index is 0.499. The van der Waals surface area contributed by atoms with E-state index in [0.717, 1.165) is 18.8 Å². The average Bonchev–Trinajstić information content (AvgIpc) is 2.39. The van der Waals surface area contributed by atoms with Crippen LogP contribution in [0.1, 0.15) is 52.9 Å². The largest absolute Gasteiger partial charge is 0.310 e. The van der Waals surface area contributed by atoms with E-state index in [9.17, 15) is 0 Å². The van der Waals surface area contributed by atoms with Gasteiger partial charge in [-0.15, -0.1) is 12.3 Å². The Morgan fingerprint density at radius 2 is 2.00 bits per heavy atom. The number of piperidine rings is 1. The van der Waals surface area contributed by atoms with Gasteiger partial charge in [-0.1, -0.05) is 13.8 Å². The number of nitrogens with one attached hydrogen (secondary N) is 1. The Hall–Kier alpha value is -0.520. The van der Waals surface area contributed by atoms with Crippen LogP contribution >= 0.6 is 0 Å². The van der Waals surface area contributed by atoms with Gasteiger partial charge >= 0.3 is 0 Å². The second-order valence-corrected chi connectivity index (χ2v) is 5.65. The van der Waals surface area contributed by atoms with Crippen molar-refractivity contribution >= 4 is 0 Å². The summed E-state index contributed by atoms with van der Waals surface area (Å²) >= 11 is 0. The van der Waals surface area contributed by atoms with Crippen molar-refractivity contribution in [3.05, 3.63) is 0 Å². The molecule has 2 nitrogen and oxygen atoms in total. The first-order chi connectivity index (χ1) is 8.71. The third-order valence-electron chi connectivity index (χ3n) is 4.23. The lowest BCUT2D eigenvalue weighted by molar-refractivity contribution is 0.158. The van der Waals surface area contributed by atoms with Crippen molar-refractivity contribution in [2.45, 2.75) is 65.0 Å². The summed E-state index contributed by atoms with van der Waals surface area (Å²) in [5.41, 5.74) is 0. The van der Waals surface area contributed by atoms with Gasteiger partial charge in [-0.25, -0.2) is 0 Å². The van der Waals surface area contributed by atoms with Gasteiger partial charge in [0.25, 0.3) is 0 Å². The van der Waals surface area contributed by atoms with Gasteiger partial charge in [0, 0.05) is 18.5 Å². The van der Waals surface area contributed by atoms with Gasteiger partial charge in [-0.3, -0.25) is 0 Å². The molecule has 0 amide bonds. The molecule has 0 aromatic carbocycles. The zero-order valence-corrected chi connectivity index (χ0v) is 12.4. The van der Waals surface area contributed by atoms with Crippen molar-refractivity contribution in [1.29, 1.82) is 0 Å². The van der Waals surface area contributed by atoms with E-state index in [1.165, 1.54) is 38.9 Å². The van der Waals surface area contributed by atoms with Crippen molar-refractivity contribution in [3.63, 3.8) is 0 Å². The Morgan fingerprint density at radius 1 is 1.33 bits per heavy atom. The zero-order chi connectivity index (χ0) is 13.4. The molecule has 0 spiro atoms. The predicted molar refractivity (Wildman–Crippen MR) is 79.6 cm³/mol. The first-order valence-corrected chi connectivity index (χ1v) is 7.63. The molecule has 1 rings (SSSR count). The van der Waals surface area contributed by atoms with E-state index in [1.807, 2.05) is 0 Å². The molecule has 0 radical (unpaired) electrons. The van der Waals surface area contributed by atoms with Crippen molar-refractivity contribution in [2.24, 2.45) is 5.92 Å². The maximum absolute atomic E-state index is 5.41. The van der Waals surface area contributed by atoms with E-state index in [2.05, 4.69) is 36.9 Å². The number of terminal acetylenes is 1. The summed E-state index contributed by atoms with van der Waals surface area (Å²) in [7, 11) is 0. The Kier molecular flexibility index (Phi) is 7.39. The topological polar surface area (TPSA) is 15.3 Å². The van der Waals surface area contributed by atoms with Crippen LogP contribution in [0, 0.1) is 18.3 Å². The molecule has 2 unspecified atom stereocenters. The van der Waals surface area contributed by atoms with Gasteiger partial charge in [0.15, 0.2) is 0 Å².